The highest BCUT2D eigenvalue weighted by atomic mass is 16.5. The molecule has 3 rings (SSSR count). The first-order chi connectivity index (χ1) is 9.18. The zero-order chi connectivity index (χ0) is 13.5. The Morgan fingerprint density at radius 3 is 3.05 bits per heavy atom. The second kappa shape index (κ2) is 4.71. The Morgan fingerprint density at radius 2 is 2.32 bits per heavy atom. The summed E-state index contributed by atoms with van der Waals surface area (Å²) in [6.07, 6.45) is 5.78. The maximum Gasteiger partial charge on any atom is 0.128 e. The zero-order valence-electron chi connectivity index (χ0n) is 11.8. The third kappa shape index (κ3) is 2.00. The zero-order valence-corrected chi connectivity index (χ0v) is 11.8. The summed E-state index contributed by atoms with van der Waals surface area (Å²) in [5, 5.41) is 0. The summed E-state index contributed by atoms with van der Waals surface area (Å²) in [5.74, 6) is 2.41. The summed E-state index contributed by atoms with van der Waals surface area (Å²) < 4.78 is 11.7. The summed E-state index contributed by atoms with van der Waals surface area (Å²) in [6, 6.07) is 6.08. The third-order valence-electron chi connectivity index (χ3n) is 4.89. The average molecular weight is 261 g/mol. The number of nitrogens with two attached hydrogens (primary N) is 1. The van der Waals surface area contributed by atoms with Crippen LogP contribution in [0.1, 0.15) is 50.6 Å². The minimum atomic E-state index is -0.0342. The standard InChI is InChI=1S/C16H23NO2/c1-3-11-5-4-8-16(11)10-14(17)13-7-6-12(18-2)9-15(13)19-16/h6-7,9,11,14H,3-5,8,10,17H2,1-2H3/t11?,14-,16?/m0/s1. The van der Waals surface area contributed by atoms with Crippen LogP contribution in [-0.4, -0.2) is 12.7 Å². The van der Waals surface area contributed by atoms with Gasteiger partial charge in [0.25, 0.3) is 0 Å². The fraction of sp³-hybridized carbons (Fsp3) is 0.625. The molecule has 3 nitrogen and oxygen atoms in total. The van der Waals surface area contributed by atoms with Gasteiger partial charge in [-0.15, -0.1) is 0 Å². The second-order valence-corrected chi connectivity index (χ2v) is 5.88. The summed E-state index contributed by atoms with van der Waals surface area (Å²) in [4.78, 5) is 0. The van der Waals surface area contributed by atoms with E-state index in [1.165, 1.54) is 19.3 Å². The van der Waals surface area contributed by atoms with Crippen LogP contribution in [0.4, 0.5) is 0 Å². The van der Waals surface area contributed by atoms with Crippen LogP contribution in [0, 0.1) is 5.92 Å². The van der Waals surface area contributed by atoms with Crippen molar-refractivity contribution in [3.63, 3.8) is 0 Å². The van der Waals surface area contributed by atoms with Gasteiger partial charge in [0.15, 0.2) is 0 Å². The van der Waals surface area contributed by atoms with E-state index in [9.17, 15) is 0 Å². The smallest absolute Gasteiger partial charge is 0.128 e. The van der Waals surface area contributed by atoms with Crippen LogP contribution in [0.2, 0.25) is 0 Å². The van der Waals surface area contributed by atoms with Gasteiger partial charge in [-0.1, -0.05) is 13.0 Å². The molecule has 2 N–H and O–H groups in total. The fourth-order valence-corrected chi connectivity index (χ4v) is 3.87. The Balaban J connectivity index is 1.98. The molecule has 2 aliphatic rings. The van der Waals surface area contributed by atoms with Crippen molar-refractivity contribution in [1.29, 1.82) is 0 Å². The van der Waals surface area contributed by atoms with E-state index in [4.69, 9.17) is 15.2 Å². The number of hydrogen-bond acceptors (Lipinski definition) is 3. The minimum absolute atomic E-state index is 0.0342. The third-order valence-corrected chi connectivity index (χ3v) is 4.89. The van der Waals surface area contributed by atoms with E-state index in [-0.39, 0.29) is 11.6 Å². The molecule has 19 heavy (non-hydrogen) atoms. The Morgan fingerprint density at radius 1 is 1.47 bits per heavy atom. The molecule has 1 saturated carbocycles. The van der Waals surface area contributed by atoms with Crippen LogP contribution in [0.5, 0.6) is 11.5 Å². The molecule has 1 aliphatic heterocycles. The van der Waals surface area contributed by atoms with Crippen LogP contribution >= 0.6 is 0 Å². The van der Waals surface area contributed by atoms with Crippen molar-refractivity contribution in [2.75, 3.05) is 7.11 Å². The van der Waals surface area contributed by atoms with Gasteiger partial charge < -0.3 is 15.2 Å². The maximum atomic E-state index is 6.44. The first-order valence-corrected chi connectivity index (χ1v) is 7.31. The highest BCUT2D eigenvalue weighted by Gasteiger charge is 2.48. The number of hydrogen-bond donors (Lipinski definition) is 1. The van der Waals surface area contributed by atoms with Crippen molar-refractivity contribution >= 4 is 0 Å². The Labute approximate surface area is 115 Å². The molecule has 1 aliphatic carbocycles. The van der Waals surface area contributed by atoms with Crippen molar-refractivity contribution in [2.24, 2.45) is 11.7 Å². The van der Waals surface area contributed by atoms with Gasteiger partial charge in [0.05, 0.1) is 7.11 Å². The molecule has 0 bridgehead atoms. The van der Waals surface area contributed by atoms with E-state index >= 15 is 0 Å². The molecule has 0 aromatic heterocycles. The molecule has 1 spiro atoms. The normalized spacial score (nSPS) is 33.0. The van der Waals surface area contributed by atoms with Crippen molar-refractivity contribution in [3.05, 3.63) is 23.8 Å². The highest BCUT2D eigenvalue weighted by Crippen LogP contribution is 2.50. The van der Waals surface area contributed by atoms with E-state index in [0.29, 0.717) is 5.92 Å². The molecular formula is C16H23NO2. The molecule has 1 aromatic rings. The molecule has 2 unspecified atom stereocenters. The molecule has 0 amide bonds. The first-order valence-electron chi connectivity index (χ1n) is 7.31. The highest BCUT2D eigenvalue weighted by molar-refractivity contribution is 5.44. The van der Waals surface area contributed by atoms with Gasteiger partial charge in [0, 0.05) is 24.1 Å². The molecule has 0 saturated heterocycles. The lowest BCUT2D eigenvalue weighted by Gasteiger charge is -2.42. The number of methoxy groups -OCH3 is 1. The lowest BCUT2D eigenvalue weighted by molar-refractivity contribution is -0.00113. The summed E-state index contributed by atoms with van der Waals surface area (Å²) in [6.45, 7) is 2.26. The van der Waals surface area contributed by atoms with Crippen molar-refractivity contribution in [2.45, 2.75) is 50.7 Å². The quantitative estimate of drug-likeness (QED) is 0.887. The van der Waals surface area contributed by atoms with Crippen LogP contribution in [-0.2, 0) is 0 Å². The lowest BCUT2D eigenvalue weighted by atomic mass is 9.79. The Bertz CT molecular complexity index is 474. The minimum Gasteiger partial charge on any atom is -0.497 e. The Hall–Kier alpha value is -1.22. The second-order valence-electron chi connectivity index (χ2n) is 5.88. The SMILES string of the molecule is CCC1CCCC12C[C@H](N)c1ccc(OC)cc1O2. The maximum absolute atomic E-state index is 6.44. The Kier molecular flexibility index (Phi) is 3.17. The van der Waals surface area contributed by atoms with Crippen LogP contribution in [0.15, 0.2) is 18.2 Å². The number of benzene rings is 1. The molecule has 1 heterocycles. The van der Waals surface area contributed by atoms with Gasteiger partial charge in [-0.2, -0.15) is 0 Å². The molecule has 1 aromatic carbocycles. The van der Waals surface area contributed by atoms with Crippen LogP contribution in [0.25, 0.3) is 0 Å². The van der Waals surface area contributed by atoms with Crippen molar-refractivity contribution in [3.8, 4) is 11.5 Å². The van der Waals surface area contributed by atoms with Gasteiger partial charge in [-0.05, 0) is 37.7 Å². The average Bonchev–Trinajstić information content (AvgIpc) is 2.79. The lowest BCUT2D eigenvalue weighted by Crippen LogP contribution is -2.45. The van der Waals surface area contributed by atoms with Gasteiger partial charge >= 0.3 is 0 Å². The van der Waals surface area contributed by atoms with E-state index < -0.39 is 0 Å². The summed E-state index contributed by atoms with van der Waals surface area (Å²) >= 11 is 0. The number of rotatable bonds is 2. The first kappa shape index (κ1) is 12.8. The largest absolute Gasteiger partial charge is 0.497 e. The van der Waals surface area contributed by atoms with E-state index in [1.54, 1.807) is 7.11 Å². The number of ether oxygens (including phenoxy) is 2. The molecule has 3 atom stereocenters. The predicted octanol–water partition coefficient (Wildman–Crippen LogP) is 3.43. The molecule has 1 fully saturated rings. The van der Waals surface area contributed by atoms with E-state index in [2.05, 4.69) is 6.92 Å². The number of fused-ring (bicyclic) bond motifs is 1. The van der Waals surface area contributed by atoms with Gasteiger partial charge in [-0.3, -0.25) is 0 Å². The molecule has 3 heteroatoms. The predicted molar refractivity (Wildman–Crippen MR) is 75.5 cm³/mol. The monoisotopic (exact) mass is 261 g/mol. The van der Waals surface area contributed by atoms with Crippen LogP contribution < -0.4 is 15.2 Å². The van der Waals surface area contributed by atoms with Gasteiger partial charge in [-0.25, -0.2) is 0 Å². The van der Waals surface area contributed by atoms with E-state index in [1.807, 2.05) is 18.2 Å². The van der Waals surface area contributed by atoms with Crippen molar-refractivity contribution < 1.29 is 9.47 Å². The molecule has 0 radical (unpaired) electrons. The van der Waals surface area contributed by atoms with Crippen molar-refractivity contribution in [1.82, 2.24) is 0 Å². The molecular weight excluding hydrogens is 238 g/mol. The fourth-order valence-electron chi connectivity index (χ4n) is 3.87. The van der Waals surface area contributed by atoms with Crippen LogP contribution in [0.3, 0.4) is 0 Å². The summed E-state index contributed by atoms with van der Waals surface area (Å²) in [7, 11) is 1.69. The van der Waals surface area contributed by atoms with Gasteiger partial charge in [0.2, 0.25) is 0 Å². The topological polar surface area (TPSA) is 44.5 Å². The van der Waals surface area contributed by atoms with E-state index in [0.717, 1.165) is 29.9 Å². The molecule has 104 valence electrons. The summed E-state index contributed by atoms with van der Waals surface area (Å²) in [5.41, 5.74) is 7.47. The van der Waals surface area contributed by atoms with Gasteiger partial charge in [0.1, 0.15) is 17.1 Å².